The highest BCUT2D eigenvalue weighted by molar-refractivity contribution is 6.02. The smallest absolute Gasteiger partial charge is 0.258 e. The minimum atomic E-state index is -0.326. The van der Waals surface area contributed by atoms with Crippen LogP contribution in [0.2, 0.25) is 0 Å². The van der Waals surface area contributed by atoms with Crippen molar-refractivity contribution in [3.8, 4) is 5.75 Å². The molecule has 1 aliphatic heterocycles. The highest BCUT2D eigenvalue weighted by atomic mass is 16.5. The van der Waals surface area contributed by atoms with Crippen LogP contribution in [0.4, 0.5) is 5.69 Å². The second-order valence-corrected chi connectivity index (χ2v) is 11.2. The van der Waals surface area contributed by atoms with Crippen LogP contribution >= 0.6 is 0 Å². The normalized spacial score (nSPS) is 21.3. The number of hydrogen-bond acceptors (Lipinski definition) is 5. The fourth-order valence-electron chi connectivity index (χ4n) is 5.73. The first kappa shape index (κ1) is 28.1. The van der Waals surface area contributed by atoms with Gasteiger partial charge in [0, 0.05) is 25.6 Å². The van der Waals surface area contributed by atoms with Crippen molar-refractivity contribution < 1.29 is 19.4 Å². The lowest BCUT2D eigenvalue weighted by molar-refractivity contribution is -0.115. The number of para-hydroxylation sites is 1. The maximum absolute atomic E-state index is 13.7. The molecule has 7 nitrogen and oxygen atoms in total. The van der Waals surface area contributed by atoms with Gasteiger partial charge in [0.05, 0.1) is 30.3 Å². The summed E-state index contributed by atoms with van der Waals surface area (Å²) in [6, 6.07) is 14.6. The van der Waals surface area contributed by atoms with E-state index in [1.807, 2.05) is 37.3 Å². The van der Waals surface area contributed by atoms with Crippen LogP contribution < -0.4 is 10.1 Å². The lowest BCUT2D eigenvalue weighted by Gasteiger charge is -2.39. The van der Waals surface area contributed by atoms with Gasteiger partial charge in [-0.05, 0) is 50.4 Å². The van der Waals surface area contributed by atoms with Crippen LogP contribution in [-0.2, 0) is 11.2 Å². The largest absolute Gasteiger partial charge is 0.486 e. The van der Waals surface area contributed by atoms with Gasteiger partial charge in [-0.25, -0.2) is 0 Å². The van der Waals surface area contributed by atoms with E-state index < -0.39 is 0 Å². The lowest BCUT2D eigenvalue weighted by Crippen LogP contribution is -2.50. The molecule has 0 unspecified atom stereocenters. The van der Waals surface area contributed by atoms with E-state index >= 15 is 0 Å². The summed E-state index contributed by atoms with van der Waals surface area (Å²) in [6.07, 6.45) is 6.57. The molecule has 1 saturated carbocycles. The van der Waals surface area contributed by atoms with Crippen LogP contribution in [0, 0.1) is 11.8 Å². The van der Waals surface area contributed by atoms with E-state index in [4.69, 9.17) is 4.74 Å². The van der Waals surface area contributed by atoms with Crippen molar-refractivity contribution in [1.29, 1.82) is 0 Å². The molecule has 7 heteroatoms. The van der Waals surface area contributed by atoms with Crippen molar-refractivity contribution in [3.63, 3.8) is 0 Å². The highest BCUT2D eigenvalue weighted by Crippen LogP contribution is 2.35. The Labute approximate surface area is 227 Å². The van der Waals surface area contributed by atoms with Crippen molar-refractivity contribution in [1.82, 2.24) is 9.80 Å². The number of nitrogens with one attached hydrogen (secondary N) is 1. The van der Waals surface area contributed by atoms with Gasteiger partial charge in [0.15, 0.2) is 5.75 Å². The number of carbonyl (C=O) groups is 2. The van der Waals surface area contributed by atoms with Crippen molar-refractivity contribution in [2.45, 2.75) is 64.5 Å². The number of carbonyl (C=O) groups excluding carboxylic acids is 2. The standard InChI is InChI=1S/C31H43N3O4/c1-22-18-34(23(2)21-35)31(37)26-15-10-16-27(32-29(36)17-24-11-6-4-7-12-24)30(26)38-28(22)20-33(3)19-25-13-8-5-9-14-25/h4,6-7,10-12,15-16,22-23,25,28,35H,5,8-9,13-14,17-21H2,1-3H3,(H,32,36)/t22-,23+,28+/m0/s1. The molecule has 1 aliphatic carbocycles. The predicted molar refractivity (Wildman–Crippen MR) is 150 cm³/mol. The van der Waals surface area contributed by atoms with Gasteiger partial charge >= 0.3 is 0 Å². The first-order chi connectivity index (χ1) is 18.4. The molecule has 38 heavy (non-hydrogen) atoms. The third-order valence-electron chi connectivity index (χ3n) is 7.96. The van der Waals surface area contributed by atoms with Gasteiger partial charge in [0.1, 0.15) is 6.10 Å². The molecule has 206 valence electrons. The zero-order valence-corrected chi connectivity index (χ0v) is 23.1. The molecule has 2 amide bonds. The first-order valence-corrected chi connectivity index (χ1v) is 14.1. The van der Waals surface area contributed by atoms with Crippen LogP contribution in [-0.4, -0.2) is 72.2 Å². The molecular formula is C31H43N3O4. The van der Waals surface area contributed by atoms with Gasteiger partial charge < -0.3 is 25.0 Å². The fraction of sp³-hybridized carbons (Fsp3) is 0.548. The van der Waals surface area contributed by atoms with Gasteiger partial charge in [-0.3, -0.25) is 9.59 Å². The molecule has 0 saturated heterocycles. The third-order valence-corrected chi connectivity index (χ3v) is 7.96. The van der Waals surface area contributed by atoms with Crippen molar-refractivity contribution in [2.75, 3.05) is 38.6 Å². The third kappa shape index (κ3) is 7.14. The summed E-state index contributed by atoms with van der Waals surface area (Å²) < 4.78 is 6.66. The Hall–Kier alpha value is -2.90. The molecule has 0 bridgehead atoms. The number of aliphatic hydroxyl groups is 1. The molecule has 2 aromatic carbocycles. The second-order valence-electron chi connectivity index (χ2n) is 11.2. The molecule has 4 rings (SSSR count). The fourth-order valence-corrected chi connectivity index (χ4v) is 5.73. The van der Waals surface area contributed by atoms with E-state index in [1.165, 1.54) is 32.1 Å². The topological polar surface area (TPSA) is 82.1 Å². The summed E-state index contributed by atoms with van der Waals surface area (Å²) >= 11 is 0. The number of fused-ring (bicyclic) bond motifs is 1. The minimum absolute atomic E-state index is 0.0305. The second kappa shape index (κ2) is 13.3. The lowest BCUT2D eigenvalue weighted by atomic mass is 9.89. The quantitative estimate of drug-likeness (QED) is 0.504. The van der Waals surface area contributed by atoms with Crippen LogP contribution in [0.5, 0.6) is 5.75 Å². The van der Waals surface area contributed by atoms with Crippen LogP contribution in [0.15, 0.2) is 48.5 Å². The monoisotopic (exact) mass is 521 g/mol. The van der Waals surface area contributed by atoms with Crippen molar-refractivity contribution in [2.24, 2.45) is 11.8 Å². The molecule has 2 N–H and O–H groups in total. The summed E-state index contributed by atoms with van der Waals surface area (Å²) in [6.45, 7) is 6.10. The number of anilines is 1. The maximum atomic E-state index is 13.7. The number of likely N-dealkylation sites (N-methyl/N-ethyl adjacent to an activating group) is 1. The molecule has 2 aliphatic rings. The van der Waals surface area contributed by atoms with E-state index in [0.717, 1.165) is 18.7 Å². The Morgan fingerprint density at radius 1 is 1.11 bits per heavy atom. The van der Waals surface area contributed by atoms with Crippen LogP contribution in [0.1, 0.15) is 61.9 Å². The number of rotatable bonds is 9. The average Bonchev–Trinajstić information content (AvgIpc) is 2.91. The van der Waals surface area contributed by atoms with Gasteiger partial charge in [0.25, 0.3) is 5.91 Å². The number of hydrogen-bond donors (Lipinski definition) is 2. The zero-order valence-electron chi connectivity index (χ0n) is 23.1. The van der Waals surface area contributed by atoms with E-state index in [9.17, 15) is 14.7 Å². The summed E-state index contributed by atoms with van der Waals surface area (Å²) in [5.74, 6) is 0.800. The van der Waals surface area contributed by atoms with Gasteiger partial charge in [-0.15, -0.1) is 0 Å². The van der Waals surface area contributed by atoms with Gasteiger partial charge in [0.2, 0.25) is 5.91 Å². The summed E-state index contributed by atoms with van der Waals surface area (Å²) in [5.41, 5.74) is 1.83. The molecule has 2 aromatic rings. The number of ether oxygens (including phenoxy) is 1. The maximum Gasteiger partial charge on any atom is 0.258 e. The van der Waals surface area contributed by atoms with Crippen molar-refractivity contribution >= 4 is 17.5 Å². The number of nitrogens with zero attached hydrogens (tertiary/aromatic N) is 2. The summed E-state index contributed by atoms with van der Waals surface area (Å²) in [4.78, 5) is 30.7. The number of benzene rings is 2. The number of amides is 2. The molecular weight excluding hydrogens is 478 g/mol. The Kier molecular flexibility index (Phi) is 9.80. The SMILES string of the molecule is C[C@H](CO)N1C[C@H](C)[C@@H](CN(C)CC2CCCCC2)Oc2c(NC(=O)Cc3ccccc3)cccc2C1=O. The van der Waals surface area contributed by atoms with E-state index in [1.54, 1.807) is 23.1 Å². The average molecular weight is 522 g/mol. The Morgan fingerprint density at radius 3 is 2.55 bits per heavy atom. The Bertz CT molecular complexity index is 1070. The molecule has 0 aromatic heterocycles. The van der Waals surface area contributed by atoms with Gasteiger partial charge in [-0.2, -0.15) is 0 Å². The molecule has 0 radical (unpaired) electrons. The minimum Gasteiger partial charge on any atom is -0.486 e. The summed E-state index contributed by atoms with van der Waals surface area (Å²) in [5, 5.41) is 12.9. The molecule has 1 heterocycles. The van der Waals surface area contributed by atoms with Crippen LogP contribution in [0.25, 0.3) is 0 Å². The van der Waals surface area contributed by atoms with E-state index in [2.05, 4.69) is 24.2 Å². The first-order valence-electron chi connectivity index (χ1n) is 14.1. The number of aliphatic hydroxyl groups excluding tert-OH is 1. The highest BCUT2D eigenvalue weighted by Gasteiger charge is 2.35. The molecule has 1 fully saturated rings. The Balaban J connectivity index is 1.60. The molecule has 3 atom stereocenters. The van der Waals surface area contributed by atoms with Crippen LogP contribution in [0.3, 0.4) is 0 Å². The van der Waals surface area contributed by atoms with E-state index in [0.29, 0.717) is 29.5 Å². The predicted octanol–water partition coefficient (Wildman–Crippen LogP) is 4.60. The van der Waals surface area contributed by atoms with Crippen molar-refractivity contribution in [3.05, 3.63) is 59.7 Å². The zero-order chi connectivity index (χ0) is 27.1. The molecule has 0 spiro atoms. The van der Waals surface area contributed by atoms with E-state index in [-0.39, 0.29) is 42.9 Å². The summed E-state index contributed by atoms with van der Waals surface area (Å²) in [7, 11) is 2.15. The van der Waals surface area contributed by atoms with Gasteiger partial charge in [-0.1, -0.05) is 62.6 Å². The Morgan fingerprint density at radius 2 is 1.84 bits per heavy atom.